The molecule has 6 aliphatic rings. The molecular weight excluding hydrogens is 866 g/mol. The topological polar surface area (TPSA) is 124 Å². The number of fused-ring (bicyclic) bond motifs is 8. The van der Waals surface area contributed by atoms with Crippen LogP contribution in [0.15, 0.2) is 35.9 Å². The normalized spacial score (nSPS) is 39.1. The average Bonchev–Trinajstić information content (AvgIpc) is 4.00. The highest BCUT2D eigenvalue weighted by atomic mass is 32.1. The lowest BCUT2D eigenvalue weighted by Gasteiger charge is -2.44. The molecule has 6 unspecified atom stereocenters. The Morgan fingerprint density at radius 3 is 2.23 bits per heavy atom. The van der Waals surface area contributed by atoms with Crippen molar-refractivity contribution in [3.8, 4) is 10.6 Å². The number of cyclic esters (lactones) is 1. The summed E-state index contributed by atoms with van der Waals surface area (Å²) in [5.41, 5.74) is 1.21. The zero-order valence-electron chi connectivity index (χ0n) is 39.1. The van der Waals surface area contributed by atoms with Crippen LogP contribution in [0.25, 0.3) is 10.6 Å². The number of hydrogen-bond acceptors (Lipinski definition) is 13. The molecular formula is C49H67F3N2O10S. The minimum absolute atomic E-state index is 0.00243. The third-order valence-corrected chi connectivity index (χ3v) is 16.6. The molecule has 3 aliphatic carbocycles. The summed E-state index contributed by atoms with van der Waals surface area (Å²) in [6, 6.07) is 5.37. The van der Waals surface area contributed by atoms with Gasteiger partial charge in [-0.15, -0.1) is 11.3 Å². The van der Waals surface area contributed by atoms with Gasteiger partial charge < -0.3 is 42.8 Å². The molecule has 4 heterocycles. The molecule has 1 saturated carbocycles. The van der Waals surface area contributed by atoms with Gasteiger partial charge in [-0.05, 0) is 109 Å². The van der Waals surface area contributed by atoms with Crippen molar-refractivity contribution in [2.45, 2.75) is 171 Å². The Labute approximate surface area is 385 Å². The van der Waals surface area contributed by atoms with Crippen LogP contribution in [-0.4, -0.2) is 125 Å². The fourth-order valence-electron chi connectivity index (χ4n) is 12.0. The third kappa shape index (κ3) is 9.77. The number of Topliss-reactive ketones (excluding diaryl/α,β-unsaturated/α-hetero) is 1. The number of esters is 1. The predicted octanol–water partition coefficient (Wildman–Crippen LogP) is 8.71. The summed E-state index contributed by atoms with van der Waals surface area (Å²) in [6.07, 6.45) is -0.839. The predicted molar refractivity (Wildman–Crippen MR) is 236 cm³/mol. The Balaban J connectivity index is 1.15. The molecule has 17 atom stereocenters. The third-order valence-electron chi connectivity index (χ3n) is 15.4. The zero-order valence-corrected chi connectivity index (χ0v) is 39.9. The van der Waals surface area contributed by atoms with Crippen LogP contribution in [0.2, 0.25) is 0 Å². The van der Waals surface area contributed by atoms with E-state index < -0.39 is 54.5 Å². The Bertz CT molecular complexity index is 2010. The number of halogens is 3. The Morgan fingerprint density at radius 2 is 1.58 bits per heavy atom. The van der Waals surface area contributed by atoms with E-state index in [1.54, 1.807) is 21.3 Å². The van der Waals surface area contributed by atoms with Crippen molar-refractivity contribution in [2.24, 2.45) is 23.7 Å². The number of carbonyl (C=O) groups excluding carboxylic acids is 2. The Morgan fingerprint density at radius 1 is 0.862 bits per heavy atom. The highest BCUT2D eigenvalue weighted by Gasteiger charge is 2.57. The highest BCUT2D eigenvalue weighted by Crippen LogP contribution is 2.63. The van der Waals surface area contributed by atoms with Gasteiger partial charge in [0.15, 0.2) is 18.4 Å². The van der Waals surface area contributed by atoms with E-state index in [-0.39, 0.29) is 78.4 Å². The summed E-state index contributed by atoms with van der Waals surface area (Å²) in [5, 5.41) is 0.589. The van der Waals surface area contributed by atoms with Crippen molar-refractivity contribution in [1.29, 1.82) is 0 Å². The van der Waals surface area contributed by atoms with E-state index in [2.05, 4.69) is 32.0 Å². The van der Waals surface area contributed by atoms with Crippen LogP contribution >= 0.6 is 11.3 Å². The van der Waals surface area contributed by atoms with Crippen molar-refractivity contribution in [3.63, 3.8) is 0 Å². The lowest BCUT2D eigenvalue weighted by molar-refractivity contribution is -0.314. The van der Waals surface area contributed by atoms with Crippen LogP contribution in [0.3, 0.4) is 0 Å². The average molecular weight is 933 g/mol. The number of allylic oxidation sites excluding steroid dienone is 2. The van der Waals surface area contributed by atoms with Crippen LogP contribution in [0.4, 0.5) is 13.2 Å². The van der Waals surface area contributed by atoms with E-state index in [1.165, 1.54) is 23.5 Å². The van der Waals surface area contributed by atoms with Gasteiger partial charge in [0.05, 0.1) is 42.1 Å². The smallest absolute Gasteiger partial charge is 0.416 e. The van der Waals surface area contributed by atoms with Gasteiger partial charge in [-0.1, -0.05) is 32.1 Å². The second kappa shape index (κ2) is 20.0. The second-order valence-corrected chi connectivity index (χ2v) is 20.4. The number of rotatable bonds is 10. The molecule has 12 nitrogen and oxygen atoms in total. The molecule has 1 aromatic heterocycles. The Hall–Kier alpha value is -2.80. The van der Waals surface area contributed by atoms with Gasteiger partial charge in [0.2, 0.25) is 0 Å². The molecule has 0 radical (unpaired) electrons. The van der Waals surface area contributed by atoms with Gasteiger partial charge in [0.1, 0.15) is 29.4 Å². The number of likely N-dealkylation sites (N-methyl/N-ethyl adjacent to an activating group) is 1. The number of aromatic nitrogens is 1. The number of methoxy groups -OCH3 is 3. The fourth-order valence-corrected chi connectivity index (χ4v) is 13.3. The highest BCUT2D eigenvalue weighted by molar-refractivity contribution is 7.15. The summed E-state index contributed by atoms with van der Waals surface area (Å²) in [5.74, 6) is -2.06. The van der Waals surface area contributed by atoms with Crippen molar-refractivity contribution in [2.75, 3.05) is 35.4 Å². The van der Waals surface area contributed by atoms with Crippen molar-refractivity contribution < 1.29 is 60.7 Å². The lowest BCUT2D eigenvalue weighted by Crippen LogP contribution is -2.59. The number of alkyl halides is 3. The molecule has 1 aromatic carbocycles. The molecule has 4 fully saturated rings. The summed E-state index contributed by atoms with van der Waals surface area (Å²) >= 11 is 1.48. The van der Waals surface area contributed by atoms with E-state index >= 15 is 4.79 Å². The van der Waals surface area contributed by atoms with Gasteiger partial charge in [-0.3, -0.25) is 9.59 Å². The molecule has 3 saturated heterocycles. The molecule has 8 rings (SSSR count). The second-order valence-electron chi connectivity index (χ2n) is 19.3. The van der Waals surface area contributed by atoms with E-state index in [4.69, 9.17) is 42.9 Å². The lowest BCUT2D eigenvalue weighted by atomic mass is 9.67. The van der Waals surface area contributed by atoms with Gasteiger partial charge in [0, 0.05) is 61.5 Å². The molecule has 16 heteroatoms. The van der Waals surface area contributed by atoms with Crippen LogP contribution in [0.5, 0.6) is 0 Å². The number of benzene rings is 1. The molecule has 360 valence electrons. The first kappa shape index (κ1) is 48.6. The summed E-state index contributed by atoms with van der Waals surface area (Å²) in [4.78, 5) is 37.7. The molecule has 65 heavy (non-hydrogen) atoms. The van der Waals surface area contributed by atoms with E-state index in [9.17, 15) is 18.0 Å². The monoisotopic (exact) mass is 932 g/mol. The van der Waals surface area contributed by atoms with E-state index in [0.717, 1.165) is 35.5 Å². The van der Waals surface area contributed by atoms with Crippen molar-refractivity contribution in [1.82, 2.24) is 9.88 Å². The Kier molecular flexibility index (Phi) is 15.0. The first-order valence-corrected chi connectivity index (χ1v) is 24.4. The van der Waals surface area contributed by atoms with Crippen molar-refractivity contribution >= 4 is 23.1 Å². The maximum absolute atomic E-state index is 15.2. The molecule has 0 N–H and O–H groups in total. The summed E-state index contributed by atoms with van der Waals surface area (Å²) in [7, 11) is 8.94. The summed E-state index contributed by atoms with van der Waals surface area (Å²) < 4.78 is 91.2. The van der Waals surface area contributed by atoms with E-state index in [1.807, 2.05) is 20.8 Å². The number of carbonyl (C=O) groups is 2. The number of thiazole rings is 1. The summed E-state index contributed by atoms with van der Waals surface area (Å²) in [6.45, 7) is 7.95. The van der Waals surface area contributed by atoms with Gasteiger partial charge in [-0.2, -0.15) is 13.2 Å². The molecule has 0 amide bonds. The quantitative estimate of drug-likeness (QED) is 0.212. The fraction of sp³-hybridized carbons (Fsp3) is 0.735. The molecule has 0 spiro atoms. The minimum atomic E-state index is -4.48. The standard InChI is InChI=1S/C49H67F3N2O10S/c1-10-29-12-11-13-37(64-39-19-18-36(54(5)6)25(3)60-39)24(2)42(56)34-22-32-31-20-30(63-48-45(59-9)44(58-8)43(57-7)26(4)61-48)21-35(31)46-41(40(32)33(34)23-38(55)62-29)53-47(65-46)27-14-16-28(17-15-27)49(50,51)52/h14-17,22,24-26,29-33,35-37,39-40,43-45,48H,10-13,18-21,23H2,1-9H3/t24-,25?,26?,29+,30+,31+,32+,33-,35-,36+,37+,39+,40-,43?,44?,45?,48?/m1/s1. The van der Waals surface area contributed by atoms with Crippen molar-refractivity contribution in [3.05, 3.63) is 52.0 Å². The number of nitrogens with zero attached hydrogens (tertiary/aromatic N) is 2. The van der Waals surface area contributed by atoms with Crippen LogP contribution in [0.1, 0.15) is 113 Å². The number of ether oxygens (including phenoxy) is 8. The first-order chi connectivity index (χ1) is 31.0. The number of ketones is 1. The molecule has 3 aliphatic heterocycles. The SMILES string of the molecule is CC[C@H]1CCC[C@H](O[C@H]2CC[C@H](N(C)C)C(C)O2)[C@@H](C)C(=O)C2=C[C@H]3[C@@H]4C[C@H](OC5OC(C)C(OC)C(OC)C5OC)C[C@H]4c4sc(-c5ccc(C(F)(F)F)cc5)nc4[C@H]3[C@@H]2CC(=O)O1. The van der Waals surface area contributed by atoms with Crippen LogP contribution < -0.4 is 0 Å². The maximum Gasteiger partial charge on any atom is 0.416 e. The van der Waals surface area contributed by atoms with Gasteiger partial charge in [0.25, 0.3) is 0 Å². The first-order valence-electron chi connectivity index (χ1n) is 23.5. The minimum Gasteiger partial charge on any atom is -0.462 e. The maximum atomic E-state index is 15.2. The molecule has 0 bridgehead atoms. The van der Waals surface area contributed by atoms with Gasteiger partial charge >= 0.3 is 12.1 Å². The van der Waals surface area contributed by atoms with E-state index in [0.29, 0.717) is 54.7 Å². The largest absolute Gasteiger partial charge is 0.462 e. The zero-order chi connectivity index (χ0) is 46.5. The van der Waals surface area contributed by atoms with Gasteiger partial charge in [-0.25, -0.2) is 4.98 Å². The van der Waals surface area contributed by atoms with Crippen LogP contribution in [-0.2, 0) is 53.7 Å². The van der Waals surface area contributed by atoms with Crippen LogP contribution in [0, 0.1) is 23.7 Å². The molecule has 2 aromatic rings. The number of hydrogen-bond donors (Lipinski definition) is 0.